The number of hydrogen-bond donors (Lipinski definition) is 0. The van der Waals surface area contributed by atoms with Crippen molar-refractivity contribution in [2.45, 2.75) is 18.7 Å². The van der Waals surface area contributed by atoms with Crippen LogP contribution < -0.4 is 33.4 Å². The summed E-state index contributed by atoms with van der Waals surface area (Å²) in [4.78, 5) is 3.67. The standard InChI is InChI=1S/C21H21N2S2.HI/c1-5-10-23-17-11-14(2)7-9-18(17)24-21(23)13-20-22(4)16-8-6-15(3)12-19(16)25-20;/h5-9,11-13H,1,10H2,2-4H3;1H/q+1;/p-1. The van der Waals surface area contributed by atoms with Gasteiger partial charge in [0.2, 0.25) is 5.52 Å². The highest BCUT2D eigenvalue weighted by molar-refractivity contribution is 8.03. The highest BCUT2D eigenvalue weighted by Crippen LogP contribution is 2.47. The van der Waals surface area contributed by atoms with Gasteiger partial charge in [-0.05, 0) is 43.2 Å². The van der Waals surface area contributed by atoms with Gasteiger partial charge in [-0.15, -0.1) is 6.58 Å². The average molecular weight is 492 g/mol. The van der Waals surface area contributed by atoms with Gasteiger partial charge in [-0.25, -0.2) is 0 Å². The fourth-order valence-corrected chi connectivity index (χ4v) is 5.50. The van der Waals surface area contributed by atoms with Crippen molar-refractivity contribution in [1.82, 2.24) is 0 Å². The molecule has 0 amide bonds. The molecular weight excluding hydrogens is 471 g/mol. The second kappa shape index (κ2) is 7.74. The van der Waals surface area contributed by atoms with Crippen molar-refractivity contribution < 1.29 is 28.5 Å². The van der Waals surface area contributed by atoms with Crippen LogP contribution in [0.15, 0.2) is 59.0 Å². The molecule has 2 aromatic carbocycles. The molecule has 1 aliphatic heterocycles. The summed E-state index contributed by atoms with van der Waals surface area (Å²) in [6.45, 7) is 9.06. The largest absolute Gasteiger partial charge is 1.00 e. The molecule has 0 spiro atoms. The lowest BCUT2D eigenvalue weighted by Crippen LogP contribution is -3.00. The molecule has 0 bridgehead atoms. The molecule has 0 atom stereocenters. The molecule has 2 heterocycles. The molecule has 1 aliphatic rings. The molecule has 0 N–H and O–H groups in total. The third-order valence-electron chi connectivity index (χ3n) is 4.47. The Labute approximate surface area is 180 Å². The van der Waals surface area contributed by atoms with E-state index in [1.54, 1.807) is 0 Å². The van der Waals surface area contributed by atoms with Crippen molar-refractivity contribution in [2.75, 3.05) is 11.4 Å². The monoisotopic (exact) mass is 492 g/mol. The highest BCUT2D eigenvalue weighted by atomic mass is 127. The quantitative estimate of drug-likeness (QED) is 0.315. The van der Waals surface area contributed by atoms with E-state index in [-0.39, 0.29) is 24.0 Å². The predicted molar refractivity (Wildman–Crippen MR) is 110 cm³/mol. The number of aromatic nitrogens is 1. The van der Waals surface area contributed by atoms with Gasteiger partial charge in [0.1, 0.15) is 11.7 Å². The Hall–Kier alpha value is -1.31. The maximum atomic E-state index is 3.94. The van der Waals surface area contributed by atoms with Gasteiger partial charge < -0.3 is 28.9 Å². The predicted octanol–water partition coefficient (Wildman–Crippen LogP) is 2.44. The molecule has 4 rings (SSSR count). The van der Waals surface area contributed by atoms with Crippen LogP contribution in [0.5, 0.6) is 0 Å². The summed E-state index contributed by atoms with van der Waals surface area (Å²) in [6.07, 6.45) is 4.28. The third kappa shape index (κ3) is 3.44. The van der Waals surface area contributed by atoms with Gasteiger partial charge in [-0.1, -0.05) is 41.3 Å². The number of nitrogens with zero attached hydrogens (tertiary/aromatic N) is 2. The van der Waals surface area contributed by atoms with Crippen LogP contribution in [-0.4, -0.2) is 6.54 Å². The van der Waals surface area contributed by atoms with Crippen LogP contribution in [0.25, 0.3) is 16.3 Å². The Kier molecular flexibility index (Phi) is 5.79. The van der Waals surface area contributed by atoms with Crippen molar-refractivity contribution >= 4 is 45.1 Å². The van der Waals surface area contributed by atoms with E-state index in [1.807, 2.05) is 29.2 Å². The summed E-state index contributed by atoms with van der Waals surface area (Å²) in [5, 5.41) is 2.53. The van der Waals surface area contributed by atoms with E-state index in [0.717, 1.165) is 6.54 Å². The summed E-state index contributed by atoms with van der Waals surface area (Å²) >= 11 is 3.69. The molecule has 3 aromatic rings. The Morgan fingerprint density at radius 2 is 1.85 bits per heavy atom. The van der Waals surface area contributed by atoms with Crippen molar-refractivity contribution in [3.63, 3.8) is 0 Å². The number of fused-ring (bicyclic) bond motifs is 2. The third-order valence-corrected chi connectivity index (χ3v) is 6.73. The maximum absolute atomic E-state index is 3.94. The molecule has 26 heavy (non-hydrogen) atoms. The Morgan fingerprint density at radius 1 is 1.12 bits per heavy atom. The van der Waals surface area contributed by atoms with Crippen molar-refractivity contribution in [3.05, 3.63) is 70.2 Å². The maximum Gasteiger partial charge on any atom is 0.265 e. The molecule has 0 saturated carbocycles. The molecule has 1 aromatic heterocycles. The van der Waals surface area contributed by atoms with E-state index >= 15 is 0 Å². The molecule has 0 radical (unpaired) electrons. The number of anilines is 1. The van der Waals surface area contributed by atoms with E-state index in [9.17, 15) is 0 Å². The zero-order chi connectivity index (χ0) is 17.6. The minimum absolute atomic E-state index is 0. The fraction of sp³-hybridized carbons (Fsp3) is 0.190. The van der Waals surface area contributed by atoms with Gasteiger partial charge in [-0.2, -0.15) is 4.57 Å². The molecule has 0 aliphatic carbocycles. The molecule has 0 unspecified atom stereocenters. The van der Waals surface area contributed by atoms with Crippen LogP contribution in [0, 0.1) is 13.8 Å². The van der Waals surface area contributed by atoms with Crippen LogP contribution in [0.2, 0.25) is 0 Å². The van der Waals surface area contributed by atoms with Crippen LogP contribution in [-0.2, 0) is 7.05 Å². The minimum Gasteiger partial charge on any atom is -1.00 e. The summed E-state index contributed by atoms with van der Waals surface area (Å²) in [5.74, 6) is 0. The lowest BCUT2D eigenvalue weighted by Gasteiger charge is -2.18. The Morgan fingerprint density at radius 3 is 2.62 bits per heavy atom. The number of aryl methyl sites for hydroxylation is 3. The number of thiazole rings is 1. The number of halogens is 1. The van der Waals surface area contributed by atoms with Gasteiger partial charge in [0.25, 0.3) is 5.01 Å². The summed E-state index contributed by atoms with van der Waals surface area (Å²) < 4.78 is 3.62. The molecule has 134 valence electrons. The normalized spacial score (nSPS) is 14.6. The first-order chi connectivity index (χ1) is 12.1. The smallest absolute Gasteiger partial charge is 0.265 e. The van der Waals surface area contributed by atoms with Crippen molar-refractivity contribution in [3.8, 4) is 0 Å². The van der Waals surface area contributed by atoms with Crippen LogP contribution in [0.3, 0.4) is 0 Å². The lowest BCUT2D eigenvalue weighted by molar-refractivity contribution is -0.642. The van der Waals surface area contributed by atoms with Gasteiger partial charge in [0.15, 0.2) is 0 Å². The SMILES string of the molecule is C=CCN1/C(=C/c2sc3cc(C)ccc3[n+]2C)Sc2ccc(C)cc21.[I-]. The lowest BCUT2D eigenvalue weighted by atomic mass is 10.2. The molecule has 5 heteroatoms. The molecule has 0 saturated heterocycles. The Balaban J connectivity index is 0.00000196. The van der Waals surface area contributed by atoms with Gasteiger partial charge in [0.05, 0.1) is 16.8 Å². The van der Waals surface area contributed by atoms with Gasteiger partial charge in [0, 0.05) is 17.5 Å². The summed E-state index contributed by atoms with van der Waals surface area (Å²) in [7, 11) is 2.15. The number of thioether (sulfide) groups is 1. The summed E-state index contributed by atoms with van der Waals surface area (Å²) in [6, 6.07) is 13.3. The van der Waals surface area contributed by atoms with E-state index in [2.05, 4.69) is 79.4 Å². The van der Waals surface area contributed by atoms with Gasteiger partial charge >= 0.3 is 0 Å². The first-order valence-electron chi connectivity index (χ1n) is 8.34. The Bertz CT molecular complexity index is 1020. The first kappa shape index (κ1) is 19.5. The van der Waals surface area contributed by atoms with Crippen molar-refractivity contribution in [1.29, 1.82) is 0 Å². The van der Waals surface area contributed by atoms with Crippen LogP contribution in [0.1, 0.15) is 16.1 Å². The number of rotatable bonds is 3. The van der Waals surface area contributed by atoms with Gasteiger partial charge in [-0.3, -0.25) is 0 Å². The molecule has 0 fully saturated rings. The average Bonchev–Trinajstić information content (AvgIpc) is 3.06. The zero-order valence-corrected chi connectivity index (χ0v) is 18.9. The zero-order valence-electron chi connectivity index (χ0n) is 15.1. The number of hydrogen-bond acceptors (Lipinski definition) is 3. The second-order valence-corrected chi connectivity index (χ2v) is 8.55. The van der Waals surface area contributed by atoms with E-state index in [4.69, 9.17) is 0 Å². The summed E-state index contributed by atoms with van der Waals surface area (Å²) in [5.41, 5.74) is 5.17. The topological polar surface area (TPSA) is 7.12 Å². The second-order valence-electron chi connectivity index (χ2n) is 6.43. The molecule has 2 nitrogen and oxygen atoms in total. The van der Waals surface area contributed by atoms with E-state index in [0.29, 0.717) is 0 Å². The fourth-order valence-electron chi connectivity index (χ4n) is 3.15. The minimum atomic E-state index is 0. The van der Waals surface area contributed by atoms with E-state index < -0.39 is 0 Å². The highest BCUT2D eigenvalue weighted by Gasteiger charge is 2.26. The van der Waals surface area contributed by atoms with Crippen LogP contribution >= 0.6 is 23.1 Å². The van der Waals surface area contributed by atoms with Crippen molar-refractivity contribution in [2.24, 2.45) is 7.05 Å². The number of benzene rings is 2. The van der Waals surface area contributed by atoms with Crippen LogP contribution in [0.4, 0.5) is 5.69 Å². The first-order valence-corrected chi connectivity index (χ1v) is 9.98. The molecular formula is C21H21IN2S2. The van der Waals surface area contributed by atoms with E-state index in [1.165, 1.54) is 42.0 Å².